The van der Waals surface area contributed by atoms with Crippen molar-refractivity contribution in [1.82, 2.24) is 5.32 Å². The largest absolute Gasteiger partial charge is 0.494 e. The van der Waals surface area contributed by atoms with E-state index >= 15 is 0 Å². The SMILES string of the molecule is CNC(CC(C)(C)OC)c1cccc(OC)c1F. The van der Waals surface area contributed by atoms with Gasteiger partial charge in [-0.15, -0.1) is 0 Å². The van der Waals surface area contributed by atoms with Crippen LogP contribution in [0.5, 0.6) is 5.75 Å². The van der Waals surface area contributed by atoms with Crippen molar-refractivity contribution in [2.24, 2.45) is 0 Å². The van der Waals surface area contributed by atoms with E-state index in [1.807, 2.05) is 20.9 Å². The van der Waals surface area contributed by atoms with Gasteiger partial charge in [0, 0.05) is 18.7 Å². The van der Waals surface area contributed by atoms with Gasteiger partial charge in [0.05, 0.1) is 12.7 Å². The lowest BCUT2D eigenvalue weighted by atomic mass is 9.93. The lowest BCUT2D eigenvalue weighted by Gasteiger charge is -2.29. The summed E-state index contributed by atoms with van der Waals surface area (Å²) in [5, 5.41) is 3.13. The second-order valence-corrected chi connectivity index (χ2v) is 4.87. The lowest BCUT2D eigenvalue weighted by molar-refractivity contribution is 0.00716. The molecular formula is C14H22FNO2. The molecular weight excluding hydrogens is 233 g/mol. The number of halogens is 1. The highest BCUT2D eigenvalue weighted by Crippen LogP contribution is 2.30. The molecule has 1 atom stereocenters. The van der Waals surface area contributed by atoms with Crippen LogP contribution in [-0.2, 0) is 4.74 Å². The monoisotopic (exact) mass is 255 g/mol. The Kier molecular flexibility index (Phi) is 5.11. The first kappa shape index (κ1) is 14.9. The summed E-state index contributed by atoms with van der Waals surface area (Å²) in [7, 11) is 4.94. The maximum atomic E-state index is 14.2. The average Bonchev–Trinajstić information content (AvgIpc) is 2.36. The molecule has 0 heterocycles. The normalized spacial score (nSPS) is 13.4. The number of benzene rings is 1. The van der Waals surface area contributed by atoms with E-state index in [-0.39, 0.29) is 23.2 Å². The molecule has 0 amide bonds. The molecule has 18 heavy (non-hydrogen) atoms. The van der Waals surface area contributed by atoms with Crippen LogP contribution in [0, 0.1) is 5.82 Å². The van der Waals surface area contributed by atoms with Gasteiger partial charge in [-0.2, -0.15) is 0 Å². The number of hydrogen-bond acceptors (Lipinski definition) is 3. The highest BCUT2D eigenvalue weighted by atomic mass is 19.1. The Balaban J connectivity index is 3.02. The third-order valence-electron chi connectivity index (χ3n) is 3.19. The van der Waals surface area contributed by atoms with E-state index in [1.165, 1.54) is 7.11 Å². The van der Waals surface area contributed by atoms with Crippen molar-refractivity contribution in [2.75, 3.05) is 21.3 Å². The zero-order valence-corrected chi connectivity index (χ0v) is 11.7. The summed E-state index contributed by atoms with van der Waals surface area (Å²) in [4.78, 5) is 0. The molecule has 0 aliphatic carbocycles. The zero-order chi connectivity index (χ0) is 13.8. The molecule has 1 unspecified atom stereocenters. The Morgan fingerprint density at radius 1 is 1.33 bits per heavy atom. The number of hydrogen-bond donors (Lipinski definition) is 1. The Morgan fingerprint density at radius 3 is 2.50 bits per heavy atom. The smallest absolute Gasteiger partial charge is 0.169 e. The Hall–Kier alpha value is -1.13. The fourth-order valence-corrected chi connectivity index (χ4v) is 1.90. The molecule has 0 bridgehead atoms. The Labute approximate surface area is 108 Å². The van der Waals surface area contributed by atoms with Gasteiger partial charge < -0.3 is 14.8 Å². The van der Waals surface area contributed by atoms with E-state index in [0.29, 0.717) is 12.0 Å². The van der Waals surface area contributed by atoms with Crippen LogP contribution in [0.1, 0.15) is 31.9 Å². The van der Waals surface area contributed by atoms with Crippen molar-refractivity contribution in [1.29, 1.82) is 0 Å². The van der Waals surface area contributed by atoms with Crippen LogP contribution in [0.2, 0.25) is 0 Å². The molecule has 102 valence electrons. The van der Waals surface area contributed by atoms with Crippen LogP contribution in [0.3, 0.4) is 0 Å². The van der Waals surface area contributed by atoms with Crippen molar-refractivity contribution in [2.45, 2.75) is 31.9 Å². The van der Waals surface area contributed by atoms with Crippen molar-refractivity contribution >= 4 is 0 Å². The van der Waals surface area contributed by atoms with E-state index < -0.39 is 0 Å². The predicted molar refractivity (Wildman–Crippen MR) is 70.5 cm³/mol. The van der Waals surface area contributed by atoms with Gasteiger partial charge in [-0.3, -0.25) is 0 Å². The summed E-state index contributed by atoms with van der Waals surface area (Å²) in [6, 6.07) is 5.06. The van der Waals surface area contributed by atoms with Gasteiger partial charge in [0.1, 0.15) is 0 Å². The van der Waals surface area contributed by atoms with Gasteiger partial charge in [-0.25, -0.2) is 4.39 Å². The number of methoxy groups -OCH3 is 2. The molecule has 0 saturated carbocycles. The standard InChI is InChI=1S/C14H22FNO2/c1-14(2,18-5)9-11(16-3)10-7-6-8-12(17-4)13(10)15/h6-8,11,16H,9H2,1-5H3. The van der Waals surface area contributed by atoms with Gasteiger partial charge in [0.15, 0.2) is 11.6 Å². The van der Waals surface area contributed by atoms with Crippen LogP contribution >= 0.6 is 0 Å². The van der Waals surface area contributed by atoms with Crippen LogP contribution in [-0.4, -0.2) is 26.9 Å². The van der Waals surface area contributed by atoms with Crippen LogP contribution in [0.4, 0.5) is 4.39 Å². The summed E-state index contributed by atoms with van der Waals surface area (Å²) >= 11 is 0. The molecule has 0 saturated heterocycles. The first-order chi connectivity index (χ1) is 8.45. The fraction of sp³-hybridized carbons (Fsp3) is 0.571. The number of ether oxygens (including phenoxy) is 2. The van der Waals surface area contributed by atoms with Crippen molar-refractivity contribution in [3.05, 3.63) is 29.6 Å². The second-order valence-electron chi connectivity index (χ2n) is 4.87. The van der Waals surface area contributed by atoms with E-state index in [9.17, 15) is 4.39 Å². The molecule has 3 nitrogen and oxygen atoms in total. The van der Waals surface area contributed by atoms with Gasteiger partial charge in [-0.1, -0.05) is 12.1 Å². The van der Waals surface area contributed by atoms with Crippen LogP contribution in [0.25, 0.3) is 0 Å². The second kappa shape index (κ2) is 6.16. The van der Waals surface area contributed by atoms with Crippen molar-refractivity contribution in [3.63, 3.8) is 0 Å². The van der Waals surface area contributed by atoms with Gasteiger partial charge >= 0.3 is 0 Å². The van der Waals surface area contributed by atoms with Gasteiger partial charge in [0.25, 0.3) is 0 Å². The maximum absolute atomic E-state index is 14.2. The van der Waals surface area contributed by atoms with E-state index in [0.717, 1.165) is 0 Å². The molecule has 0 fully saturated rings. The van der Waals surface area contributed by atoms with E-state index in [2.05, 4.69) is 5.32 Å². The van der Waals surface area contributed by atoms with Crippen LogP contribution in [0.15, 0.2) is 18.2 Å². The fourth-order valence-electron chi connectivity index (χ4n) is 1.90. The summed E-state index contributed by atoms with van der Waals surface area (Å²) in [6.45, 7) is 3.96. The predicted octanol–water partition coefficient (Wildman–Crippen LogP) is 2.91. The first-order valence-electron chi connectivity index (χ1n) is 6.00. The van der Waals surface area contributed by atoms with Crippen molar-refractivity contribution < 1.29 is 13.9 Å². The minimum atomic E-state index is -0.316. The molecule has 0 radical (unpaired) electrons. The molecule has 0 spiro atoms. The Morgan fingerprint density at radius 2 is 2.00 bits per heavy atom. The van der Waals surface area contributed by atoms with E-state index in [1.54, 1.807) is 25.3 Å². The molecule has 0 aliphatic heterocycles. The Bertz CT molecular complexity index is 393. The average molecular weight is 255 g/mol. The quantitative estimate of drug-likeness (QED) is 0.847. The summed E-state index contributed by atoms with van der Waals surface area (Å²) in [5.74, 6) is -0.0470. The molecule has 1 N–H and O–H groups in total. The van der Waals surface area contributed by atoms with Crippen molar-refractivity contribution in [3.8, 4) is 5.75 Å². The highest BCUT2D eigenvalue weighted by molar-refractivity contribution is 5.33. The number of rotatable bonds is 6. The molecule has 0 aliphatic rings. The minimum Gasteiger partial charge on any atom is -0.494 e. The molecule has 4 heteroatoms. The first-order valence-corrected chi connectivity index (χ1v) is 6.00. The minimum absolute atomic E-state index is 0.116. The molecule has 1 rings (SSSR count). The van der Waals surface area contributed by atoms with Crippen LogP contribution < -0.4 is 10.1 Å². The molecule has 1 aromatic carbocycles. The molecule has 1 aromatic rings. The summed E-state index contributed by atoms with van der Waals surface area (Å²) in [5.41, 5.74) is 0.283. The topological polar surface area (TPSA) is 30.5 Å². The number of nitrogens with one attached hydrogen (secondary N) is 1. The molecule has 0 aromatic heterocycles. The van der Waals surface area contributed by atoms with E-state index in [4.69, 9.17) is 9.47 Å². The van der Waals surface area contributed by atoms with Gasteiger partial charge in [0.2, 0.25) is 0 Å². The summed E-state index contributed by atoms with van der Waals surface area (Å²) < 4.78 is 24.6. The third kappa shape index (κ3) is 3.43. The zero-order valence-electron chi connectivity index (χ0n) is 11.7. The van der Waals surface area contributed by atoms with Gasteiger partial charge in [-0.05, 0) is 33.4 Å². The maximum Gasteiger partial charge on any atom is 0.169 e. The highest BCUT2D eigenvalue weighted by Gasteiger charge is 2.25. The lowest BCUT2D eigenvalue weighted by Crippen LogP contribution is -2.31. The summed E-state index contributed by atoms with van der Waals surface area (Å²) in [6.07, 6.45) is 0.671. The third-order valence-corrected chi connectivity index (χ3v) is 3.19.